The zero-order valence-electron chi connectivity index (χ0n) is 26.1. The SMILES string of the molecule is c1ccc(-n2c3ccccc3c3cc(-c4ccc5c6ccc7ccccc7c6c6cccc7c6c5c4n7-c4ccccc4)ccc32)cc1. The maximum absolute atomic E-state index is 2.50. The number of fused-ring (bicyclic) bond motifs is 8. The van der Waals surface area contributed by atoms with Gasteiger partial charge in [-0.3, -0.25) is 0 Å². The molecule has 0 aliphatic heterocycles. The van der Waals surface area contributed by atoms with Crippen molar-refractivity contribution in [3.8, 4) is 22.5 Å². The lowest BCUT2D eigenvalue weighted by atomic mass is 9.89. The molecule has 2 aromatic heterocycles. The standard InChI is InChI=1S/C46H28N2/c1-3-13-31(14-4-1)47-40-20-10-9-18-35(40)39-28-30(23-27-41(39)47)34-25-26-37-36-24-22-29-12-7-8-17-33(29)43(36)38-19-11-21-42-44(38)45(37)46(34)48(42)32-15-5-2-6-16-32/h1-28H. The third-order valence-corrected chi connectivity index (χ3v) is 10.4. The van der Waals surface area contributed by atoms with Gasteiger partial charge in [-0.15, -0.1) is 0 Å². The first-order valence-corrected chi connectivity index (χ1v) is 16.6. The largest absolute Gasteiger partial charge is 0.309 e. The van der Waals surface area contributed by atoms with Gasteiger partial charge in [0.1, 0.15) is 0 Å². The Morgan fingerprint density at radius 3 is 1.77 bits per heavy atom. The molecule has 0 aliphatic rings. The van der Waals surface area contributed by atoms with Crippen LogP contribution in [0.1, 0.15) is 0 Å². The van der Waals surface area contributed by atoms with E-state index in [1.807, 2.05) is 0 Å². The molecule has 222 valence electrons. The Bertz CT molecular complexity index is 3040. The molecule has 0 spiro atoms. The van der Waals surface area contributed by atoms with Gasteiger partial charge in [-0.2, -0.15) is 0 Å². The van der Waals surface area contributed by atoms with Gasteiger partial charge in [0, 0.05) is 38.5 Å². The van der Waals surface area contributed by atoms with Crippen LogP contribution >= 0.6 is 0 Å². The number of hydrogen-bond donors (Lipinski definition) is 0. The number of benzene rings is 9. The lowest BCUT2D eigenvalue weighted by Gasteiger charge is -2.14. The van der Waals surface area contributed by atoms with E-state index in [1.54, 1.807) is 0 Å². The predicted molar refractivity (Wildman–Crippen MR) is 204 cm³/mol. The van der Waals surface area contributed by atoms with E-state index < -0.39 is 0 Å². The molecule has 0 unspecified atom stereocenters. The molecule has 0 bridgehead atoms. The molecule has 11 rings (SSSR count). The molecule has 2 heteroatoms. The molecule has 0 atom stereocenters. The van der Waals surface area contributed by atoms with Crippen molar-refractivity contribution in [2.75, 3.05) is 0 Å². The molecule has 48 heavy (non-hydrogen) atoms. The third-order valence-electron chi connectivity index (χ3n) is 10.4. The van der Waals surface area contributed by atoms with Crippen LogP contribution in [0, 0.1) is 0 Å². The van der Waals surface area contributed by atoms with Crippen LogP contribution in [0.4, 0.5) is 0 Å². The van der Waals surface area contributed by atoms with Crippen LogP contribution in [0.15, 0.2) is 170 Å². The average molecular weight is 609 g/mol. The first-order chi connectivity index (χ1) is 23.8. The van der Waals surface area contributed by atoms with E-state index in [2.05, 4.69) is 179 Å². The molecule has 0 saturated carbocycles. The highest BCUT2D eigenvalue weighted by Crippen LogP contribution is 2.48. The van der Waals surface area contributed by atoms with Crippen LogP contribution in [0.5, 0.6) is 0 Å². The maximum atomic E-state index is 2.50. The van der Waals surface area contributed by atoms with Crippen LogP contribution in [-0.2, 0) is 0 Å². The number of para-hydroxylation sites is 3. The Hall–Kier alpha value is -6.38. The molecule has 11 aromatic rings. The summed E-state index contributed by atoms with van der Waals surface area (Å²) in [5.41, 5.74) is 9.73. The molecule has 0 saturated heterocycles. The van der Waals surface area contributed by atoms with Gasteiger partial charge in [0.25, 0.3) is 0 Å². The minimum Gasteiger partial charge on any atom is -0.309 e. The van der Waals surface area contributed by atoms with Crippen molar-refractivity contribution >= 4 is 75.9 Å². The van der Waals surface area contributed by atoms with Gasteiger partial charge < -0.3 is 9.13 Å². The van der Waals surface area contributed by atoms with Gasteiger partial charge in [0.2, 0.25) is 0 Å². The summed E-state index contributed by atoms with van der Waals surface area (Å²) in [7, 11) is 0. The molecule has 0 aliphatic carbocycles. The Kier molecular flexibility index (Phi) is 5.14. The predicted octanol–water partition coefficient (Wildman–Crippen LogP) is 12.4. The van der Waals surface area contributed by atoms with E-state index in [1.165, 1.54) is 98.4 Å². The summed E-state index contributed by atoms with van der Waals surface area (Å²) in [6.07, 6.45) is 0. The van der Waals surface area contributed by atoms with Gasteiger partial charge in [-0.05, 0) is 86.4 Å². The first-order valence-electron chi connectivity index (χ1n) is 16.6. The second-order valence-electron chi connectivity index (χ2n) is 12.9. The Morgan fingerprint density at radius 2 is 0.938 bits per heavy atom. The fourth-order valence-electron chi connectivity index (χ4n) is 8.48. The Labute approximate surface area is 276 Å². The van der Waals surface area contributed by atoms with Gasteiger partial charge in [-0.25, -0.2) is 0 Å². The molecule has 2 nitrogen and oxygen atoms in total. The average Bonchev–Trinajstić information content (AvgIpc) is 3.68. The molecule has 0 radical (unpaired) electrons. The van der Waals surface area contributed by atoms with E-state index in [-0.39, 0.29) is 0 Å². The van der Waals surface area contributed by atoms with Gasteiger partial charge in [0.15, 0.2) is 0 Å². The second kappa shape index (κ2) is 9.57. The molecular formula is C46H28N2. The van der Waals surface area contributed by atoms with Gasteiger partial charge in [0.05, 0.1) is 22.1 Å². The van der Waals surface area contributed by atoms with Gasteiger partial charge >= 0.3 is 0 Å². The van der Waals surface area contributed by atoms with Crippen LogP contribution < -0.4 is 0 Å². The monoisotopic (exact) mass is 608 g/mol. The topological polar surface area (TPSA) is 9.86 Å². The van der Waals surface area contributed by atoms with E-state index in [9.17, 15) is 0 Å². The molecule has 9 aromatic carbocycles. The lowest BCUT2D eigenvalue weighted by molar-refractivity contribution is 1.18. The molecule has 0 fully saturated rings. The summed E-state index contributed by atoms with van der Waals surface area (Å²) >= 11 is 0. The quantitative estimate of drug-likeness (QED) is 0.177. The fourth-order valence-corrected chi connectivity index (χ4v) is 8.48. The summed E-state index contributed by atoms with van der Waals surface area (Å²) in [5, 5.41) is 13.0. The highest BCUT2D eigenvalue weighted by atomic mass is 15.0. The lowest BCUT2D eigenvalue weighted by Crippen LogP contribution is -1.95. The summed E-state index contributed by atoms with van der Waals surface area (Å²) in [6, 6.07) is 62.4. The van der Waals surface area contributed by atoms with E-state index in [0.29, 0.717) is 0 Å². The number of rotatable bonds is 3. The van der Waals surface area contributed by atoms with Crippen LogP contribution in [-0.4, -0.2) is 9.13 Å². The minimum absolute atomic E-state index is 1.17. The summed E-state index contributed by atoms with van der Waals surface area (Å²) in [4.78, 5) is 0. The van der Waals surface area contributed by atoms with Crippen LogP contribution in [0.25, 0.3) is 98.4 Å². The Balaban J connectivity index is 1.30. The second-order valence-corrected chi connectivity index (χ2v) is 12.9. The number of hydrogen-bond acceptors (Lipinski definition) is 0. The zero-order chi connectivity index (χ0) is 31.3. The number of aromatic nitrogens is 2. The third kappa shape index (κ3) is 3.36. The van der Waals surface area contributed by atoms with Crippen LogP contribution in [0.3, 0.4) is 0 Å². The fraction of sp³-hybridized carbons (Fsp3) is 0. The summed E-state index contributed by atoms with van der Waals surface area (Å²) in [5.74, 6) is 0. The van der Waals surface area contributed by atoms with Gasteiger partial charge in [-0.1, -0.05) is 121 Å². The van der Waals surface area contributed by atoms with E-state index >= 15 is 0 Å². The highest BCUT2D eigenvalue weighted by molar-refractivity contribution is 6.39. The van der Waals surface area contributed by atoms with Crippen molar-refractivity contribution in [2.45, 2.75) is 0 Å². The van der Waals surface area contributed by atoms with Crippen molar-refractivity contribution < 1.29 is 0 Å². The molecule has 2 heterocycles. The van der Waals surface area contributed by atoms with Crippen LogP contribution in [0.2, 0.25) is 0 Å². The maximum Gasteiger partial charge on any atom is 0.0625 e. The molecule has 0 N–H and O–H groups in total. The number of nitrogens with zero attached hydrogens (tertiary/aromatic N) is 2. The van der Waals surface area contributed by atoms with Crippen molar-refractivity contribution in [1.29, 1.82) is 0 Å². The smallest absolute Gasteiger partial charge is 0.0625 e. The molecular weight excluding hydrogens is 581 g/mol. The van der Waals surface area contributed by atoms with E-state index in [4.69, 9.17) is 0 Å². The molecule has 0 amide bonds. The first kappa shape index (κ1) is 25.8. The summed E-state index contributed by atoms with van der Waals surface area (Å²) < 4.78 is 4.89. The van der Waals surface area contributed by atoms with E-state index in [0.717, 1.165) is 0 Å². The van der Waals surface area contributed by atoms with Crippen molar-refractivity contribution in [2.24, 2.45) is 0 Å². The zero-order valence-corrected chi connectivity index (χ0v) is 26.1. The Morgan fingerprint density at radius 1 is 0.312 bits per heavy atom. The van der Waals surface area contributed by atoms with Crippen molar-refractivity contribution in [1.82, 2.24) is 9.13 Å². The van der Waals surface area contributed by atoms with Crippen molar-refractivity contribution in [3.05, 3.63) is 170 Å². The minimum atomic E-state index is 1.17. The van der Waals surface area contributed by atoms with Crippen molar-refractivity contribution in [3.63, 3.8) is 0 Å². The highest BCUT2D eigenvalue weighted by Gasteiger charge is 2.24. The summed E-state index contributed by atoms with van der Waals surface area (Å²) in [6.45, 7) is 0. The normalized spacial score (nSPS) is 12.2.